The average molecular weight is 325 g/mol. The Bertz CT molecular complexity index is 726. The molecule has 0 radical (unpaired) electrons. The van der Waals surface area contributed by atoms with Gasteiger partial charge in [0.15, 0.2) is 0 Å². The lowest BCUT2D eigenvalue weighted by atomic mass is 10.4. The molecule has 0 aliphatic carbocycles. The van der Waals surface area contributed by atoms with E-state index in [1.165, 1.54) is 29.0 Å². The van der Waals surface area contributed by atoms with Gasteiger partial charge in [0.2, 0.25) is 10.0 Å². The highest BCUT2D eigenvalue weighted by Crippen LogP contribution is 2.22. The quantitative estimate of drug-likeness (QED) is 0.912. The Kier molecular flexibility index (Phi) is 4.71. The number of nitrogens with one attached hydrogen (secondary N) is 1. The van der Waals surface area contributed by atoms with E-state index in [1.807, 2.05) is 0 Å². The van der Waals surface area contributed by atoms with E-state index < -0.39 is 10.0 Å². The molecule has 0 atom stereocenters. The van der Waals surface area contributed by atoms with Crippen LogP contribution in [0.25, 0.3) is 0 Å². The molecule has 2 heterocycles. The van der Waals surface area contributed by atoms with Crippen molar-refractivity contribution in [3.05, 3.63) is 40.8 Å². The van der Waals surface area contributed by atoms with Gasteiger partial charge in [0.1, 0.15) is 0 Å². The molecule has 1 amide bonds. The average Bonchev–Trinajstić information content (AvgIpc) is 2.98. The summed E-state index contributed by atoms with van der Waals surface area (Å²) in [5.41, 5.74) is 0.561. The molecule has 21 heavy (non-hydrogen) atoms. The molecule has 0 fully saturated rings. The van der Waals surface area contributed by atoms with Crippen molar-refractivity contribution < 1.29 is 13.2 Å². The van der Waals surface area contributed by atoms with E-state index in [-0.39, 0.29) is 10.8 Å². The van der Waals surface area contributed by atoms with Crippen molar-refractivity contribution in [1.82, 2.24) is 9.29 Å². The van der Waals surface area contributed by atoms with E-state index in [1.54, 1.807) is 25.3 Å². The second-order valence-electron chi connectivity index (χ2n) is 4.26. The topological polar surface area (TPSA) is 79.4 Å². The maximum atomic E-state index is 12.1. The lowest BCUT2D eigenvalue weighted by Crippen LogP contribution is -2.26. The summed E-state index contributed by atoms with van der Waals surface area (Å²) in [4.78, 5) is 16.4. The van der Waals surface area contributed by atoms with Gasteiger partial charge in [-0.25, -0.2) is 12.7 Å². The van der Waals surface area contributed by atoms with Gasteiger partial charge in [-0.3, -0.25) is 9.78 Å². The maximum Gasteiger partial charge on any atom is 0.265 e. The fourth-order valence-electron chi connectivity index (χ4n) is 1.55. The summed E-state index contributed by atoms with van der Waals surface area (Å²) in [6, 6.07) is 4.80. The number of hydrogen-bond acceptors (Lipinski definition) is 5. The molecule has 1 N–H and O–H groups in total. The van der Waals surface area contributed by atoms with Crippen molar-refractivity contribution in [3.8, 4) is 0 Å². The predicted octanol–water partition coefficient (Wildman–Crippen LogP) is 2.04. The zero-order valence-corrected chi connectivity index (χ0v) is 13.2. The first-order valence-electron chi connectivity index (χ1n) is 6.21. The Morgan fingerprint density at radius 1 is 1.48 bits per heavy atom. The number of hydrogen-bond donors (Lipinski definition) is 1. The van der Waals surface area contributed by atoms with Crippen LogP contribution in [0.5, 0.6) is 0 Å². The van der Waals surface area contributed by atoms with Crippen LogP contribution in [-0.2, 0) is 10.0 Å². The summed E-state index contributed by atoms with van der Waals surface area (Å²) >= 11 is 1.09. The van der Waals surface area contributed by atoms with Gasteiger partial charge < -0.3 is 5.32 Å². The Morgan fingerprint density at radius 3 is 2.86 bits per heavy atom. The van der Waals surface area contributed by atoms with E-state index in [0.717, 1.165) is 11.3 Å². The largest absolute Gasteiger partial charge is 0.320 e. The van der Waals surface area contributed by atoms with Crippen LogP contribution in [-0.4, -0.2) is 37.2 Å². The van der Waals surface area contributed by atoms with Crippen molar-refractivity contribution in [2.75, 3.05) is 18.9 Å². The third kappa shape index (κ3) is 3.46. The summed E-state index contributed by atoms with van der Waals surface area (Å²) < 4.78 is 25.5. The molecule has 2 rings (SSSR count). The zero-order chi connectivity index (χ0) is 15.5. The molecule has 8 heteroatoms. The highest BCUT2D eigenvalue weighted by Gasteiger charge is 2.22. The number of amides is 1. The van der Waals surface area contributed by atoms with Gasteiger partial charge in [0, 0.05) is 25.2 Å². The van der Waals surface area contributed by atoms with Gasteiger partial charge in [-0.15, -0.1) is 11.3 Å². The van der Waals surface area contributed by atoms with Gasteiger partial charge in [-0.2, -0.15) is 0 Å². The second kappa shape index (κ2) is 6.33. The molecule has 0 bridgehead atoms. The van der Waals surface area contributed by atoms with Crippen LogP contribution in [0, 0.1) is 0 Å². The summed E-state index contributed by atoms with van der Waals surface area (Å²) in [5.74, 6) is -0.353. The summed E-state index contributed by atoms with van der Waals surface area (Å²) in [6.45, 7) is 2.12. The number of sulfonamides is 1. The molecule has 112 valence electrons. The Labute approximate surface area is 127 Å². The molecule has 0 aliphatic rings. The molecule has 0 unspecified atom stereocenters. The molecule has 0 saturated carbocycles. The first-order valence-corrected chi connectivity index (χ1v) is 8.53. The molecule has 0 spiro atoms. The first-order chi connectivity index (χ1) is 9.95. The van der Waals surface area contributed by atoms with Gasteiger partial charge in [0.25, 0.3) is 5.91 Å². The van der Waals surface area contributed by atoms with E-state index in [0.29, 0.717) is 17.1 Å². The van der Waals surface area contributed by atoms with Crippen LogP contribution in [0.1, 0.15) is 16.6 Å². The standard InChI is InChI=1S/C13H15N3O3S2/c1-3-16(2)21(18,19)11-7-12(20-9-11)13(17)15-10-5-4-6-14-8-10/h4-9H,3H2,1-2H3,(H,15,17). The molecular weight excluding hydrogens is 310 g/mol. The minimum absolute atomic E-state index is 0.133. The Morgan fingerprint density at radius 2 is 2.24 bits per heavy atom. The van der Waals surface area contributed by atoms with Crippen LogP contribution in [0.2, 0.25) is 0 Å². The summed E-state index contributed by atoms with van der Waals surface area (Å²) in [7, 11) is -2.02. The Hall–Kier alpha value is -1.77. The minimum atomic E-state index is -3.52. The highest BCUT2D eigenvalue weighted by molar-refractivity contribution is 7.89. The van der Waals surface area contributed by atoms with E-state index >= 15 is 0 Å². The summed E-state index contributed by atoms with van der Waals surface area (Å²) in [5, 5.41) is 4.14. The molecule has 2 aromatic rings. The van der Waals surface area contributed by atoms with Gasteiger partial charge in [-0.05, 0) is 18.2 Å². The second-order valence-corrected chi connectivity index (χ2v) is 7.22. The normalized spacial score (nSPS) is 11.6. The number of carbonyl (C=O) groups is 1. The zero-order valence-electron chi connectivity index (χ0n) is 11.6. The van der Waals surface area contributed by atoms with E-state index in [4.69, 9.17) is 0 Å². The highest BCUT2D eigenvalue weighted by atomic mass is 32.2. The number of aromatic nitrogens is 1. The fraction of sp³-hybridized carbons (Fsp3) is 0.231. The lowest BCUT2D eigenvalue weighted by molar-refractivity contribution is 0.103. The van der Waals surface area contributed by atoms with Crippen molar-refractivity contribution in [3.63, 3.8) is 0 Å². The molecule has 2 aromatic heterocycles. The predicted molar refractivity (Wildman–Crippen MR) is 82.0 cm³/mol. The SMILES string of the molecule is CCN(C)S(=O)(=O)c1csc(C(=O)Nc2cccnc2)c1. The van der Waals surface area contributed by atoms with Gasteiger partial charge in [0.05, 0.1) is 21.7 Å². The molecule has 0 aromatic carbocycles. The summed E-state index contributed by atoms with van der Waals surface area (Å²) in [6.07, 6.45) is 3.13. The number of rotatable bonds is 5. The molecule has 0 aliphatic heterocycles. The van der Waals surface area contributed by atoms with Crippen LogP contribution < -0.4 is 5.32 Å². The van der Waals surface area contributed by atoms with Crippen molar-refractivity contribution in [2.45, 2.75) is 11.8 Å². The minimum Gasteiger partial charge on any atom is -0.320 e. The number of nitrogens with zero attached hydrogens (tertiary/aromatic N) is 2. The lowest BCUT2D eigenvalue weighted by Gasteiger charge is -2.12. The number of anilines is 1. The van der Waals surface area contributed by atoms with Crippen molar-refractivity contribution >= 4 is 33.0 Å². The molecular formula is C13H15N3O3S2. The fourth-order valence-corrected chi connectivity index (χ4v) is 3.89. The van der Waals surface area contributed by atoms with E-state index in [9.17, 15) is 13.2 Å². The first kappa shape index (κ1) is 15.6. The van der Waals surface area contributed by atoms with Crippen molar-refractivity contribution in [1.29, 1.82) is 0 Å². The van der Waals surface area contributed by atoms with Crippen LogP contribution in [0.15, 0.2) is 40.9 Å². The van der Waals surface area contributed by atoms with E-state index in [2.05, 4.69) is 10.3 Å². The number of thiophene rings is 1. The molecule has 0 saturated heterocycles. The van der Waals surface area contributed by atoms with Crippen molar-refractivity contribution in [2.24, 2.45) is 0 Å². The maximum absolute atomic E-state index is 12.1. The third-order valence-electron chi connectivity index (χ3n) is 2.87. The molecule has 6 nitrogen and oxygen atoms in total. The van der Waals surface area contributed by atoms with Crippen LogP contribution in [0.3, 0.4) is 0 Å². The monoisotopic (exact) mass is 325 g/mol. The van der Waals surface area contributed by atoms with Gasteiger partial charge >= 0.3 is 0 Å². The Balaban J connectivity index is 2.19. The van der Waals surface area contributed by atoms with Crippen LogP contribution in [0.4, 0.5) is 5.69 Å². The third-order valence-corrected chi connectivity index (χ3v) is 5.86. The van der Waals surface area contributed by atoms with Gasteiger partial charge in [-0.1, -0.05) is 6.92 Å². The smallest absolute Gasteiger partial charge is 0.265 e. The number of carbonyl (C=O) groups excluding carboxylic acids is 1. The number of pyridine rings is 1. The van der Waals surface area contributed by atoms with Crippen LogP contribution >= 0.6 is 11.3 Å².